The first-order chi connectivity index (χ1) is 24.5. The molecule has 10 atom stereocenters. The Balaban J connectivity index is 1.50. The molecule has 3 saturated heterocycles. The summed E-state index contributed by atoms with van der Waals surface area (Å²) in [5.74, 6) is -0.524. The predicted octanol–water partition coefficient (Wildman–Crippen LogP) is 2.08. The Hall–Kier alpha value is -0.955. The molecule has 4 unspecified atom stereocenters. The van der Waals surface area contributed by atoms with Crippen molar-refractivity contribution in [2.24, 2.45) is 11.8 Å². The standard InChI is InChI=1S/C33H49B7O9S2/c1-21-15-25(12-13-29-22(2)16-24(46-29)9-8-14-41)47-30(23(21)3)18-31-28(20-51(43,44)27-10-6-5-7-11-27)33(45-4)32(48-31)17-26(19-42)49-50(35)40-39-38-37-36-34/h5-7,10-11,21,24-26,28-33,41-42H,2-3,8-9,12-20H2,1,4H3/t21-,24?,25+,26?,28?,29+,30-,31?,32-,33-/m1/s1. The summed E-state index contributed by atoms with van der Waals surface area (Å²) in [5.41, 5.74) is 2.05. The topological polar surface area (TPSA) is 121 Å². The third kappa shape index (κ3) is 12.5. The zero-order valence-corrected chi connectivity index (χ0v) is 31.6. The van der Waals surface area contributed by atoms with Gasteiger partial charge in [-0.1, -0.05) is 12.6 Å². The van der Waals surface area contributed by atoms with Gasteiger partial charge >= 0.3 is 241 Å². The molecule has 268 valence electrons. The first-order valence-corrected chi connectivity index (χ1v) is 20.8. The molecule has 4 rings (SSSR count). The molecule has 0 spiro atoms. The monoisotopic (exact) mass is 730 g/mol. The second-order valence-corrected chi connectivity index (χ2v) is 16.9. The summed E-state index contributed by atoms with van der Waals surface area (Å²) in [4.78, 5) is 0.236. The van der Waals surface area contributed by atoms with Gasteiger partial charge in [0.15, 0.2) is 0 Å². The summed E-state index contributed by atoms with van der Waals surface area (Å²) in [7, 11) is 2.12. The molecular weight excluding hydrogens is 680 g/mol. The SMILES string of the molecule is [B]B=BB=BB=S(#B)OC(CO)C[C@H]1OC(C[C@H]2O[C@@H](CC[C@@H]3OC(CCCO)CC3=C)C[C@@H](C)C2=C)C(CS(=O)(=O)c2ccccc2)[C@H]1OC. The van der Waals surface area contributed by atoms with E-state index in [0.29, 0.717) is 12.8 Å². The second-order valence-electron chi connectivity index (χ2n) is 13.8. The van der Waals surface area contributed by atoms with Gasteiger partial charge in [0.25, 0.3) is 0 Å². The molecule has 2 N–H and O–H groups in total. The number of aliphatic hydroxyl groups is 2. The Labute approximate surface area is 311 Å². The molecule has 0 aromatic heterocycles. The number of ether oxygens (including phenoxy) is 4. The van der Waals surface area contributed by atoms with E-state index in [9.17, 15) is 18.6 Å². The Kier molecular flexibility index (Phi) is 17.8. The van der Waals surface area contributed by atoms with Crippen molar-refractivity contribution in [3.8, 4) is 0 Å². The second kappa shape index (κ2) is 21.2. The number of methoxy groups -OCH3 is 1. The summed E-state index contributed by atoms with van der Waals surface area (Å²) in [6.07, 6.45) is 2.69. The van der Waals surface area contributed by atoms with Crippen LogP contribution in [0.4, 0.5) is 0 Å². The summed E-state index contributed by atoms with van der Waals surface area (Å²) in [5, 5.41) is 19.5. The molecule has 1 aromatic carbocycles. The Bertz CT molecular complexity index is 1610. The van der Waals surface area contributed by atoms with E-state index in [1.54, 1.807) is 63.6 Å². The van der Waals surface area contributed by atoms with Crippen molar-refractivity contribution in [2.45, 2.75) is 112 Å². The van der Waals surface area contributed by atoms with Crippen molar-refractivity contribution >= 4 is 66.8 Å². The van der Waals surface area contributed by atoms with Crippen LogP contribution >= 0.6 is 9.84 Å². The minimum absolute atomic E-state index is 0.0306. The number of aliphatic hydroxyl groups excluding tert-OH is 2. The van der Waals surface area contributed by atoms with Crippen LogP contribution in [0.3, 0.4) is 0 Å². The van der Waals surface area contributed by atoms with Crippen molar-refractivity contribution in [3.05, 3.63) is 54.6 Å². The number of benzene rings is 1. The van der Waals surface area contributed by atoms with Crippen LogP contribution in [0.1, 0.15) is 58.3 Å². The normalized spacial score (nSPS) is 30.5. The van der Waals surface area contributed by atoms with Gasteiger partial charge in [-0.25, -0.2) is 0 Å². The van der Waals surface area contributed by atoms with Gasteiger partial charge in [-0.2, -0.15) is 0 Å². The third-order valence-electron chi connectivity index (χ3n) is 10.1. The molecule has 3 fully saturated rings. The average Bonchev–Trinajstić information content (AvgIpc) is 3.63. The van der Waals surface area contributed by atoms with Crippen molar-refractivity contribution in [1.29, 1.82) is 0 Å². The third-order valence-corrected chi connectivity index (χ3v) is 12.8. The first kappa shape index (κ1) is 42.8. The van der Waals surface area contributed by atoms with E-state index in [1.807, 2.05) is 0 Å². The van der Waals surface area contributed by atoms with Crippen LogP contribution in [0.2, 0.25) is 0 Å². The fourth-order valence-corrected chi connectivity index (χ4v) is 9.84. The number of rotatable bonds is 18. The van der Waals surface area contributed by atoms with E-state index in [2.05, 4.69) is 20.1 Å². The maximum absolute atomic E-state index is 13.8. The summed E-state index contributed by atoms with van der Waals surface area (Å²) >= 11 is 0. The van der Waals surface area contributed by atoms with Crippen LogP contribution < -0.4 is 0 Å². The van der Waals surface area contributed by atoms with E-state index in [0.717, 1.165) is 43.3 Å². The molecule has 3 aliphatic rings. The minimum atomic E-state index is -3.71. The van der Waals surface area contributed by atoms with Crippen molar-refractivity contribution in [2.75, 3.05) is 26.1 Å². The van der Waals surface area contributed by atoms with E-state index in [4.69, 9.17) is 37.4 Å². The van der Waals surface area contributed by atoms with E-state index >= 15 is 0 Å². The molecule has 18 heteroatoms. The van der Waals surface area contributed by atoms with Gasteiger partial charge in [0, 0.05) is 6.61 Å². The number of hydrogen-bond donors (Lipinski definition) is 2. The van der Waals surface area contributed by atoms with Crippen LogP contribution in [0.5, 0.6) is 0 Å². The van der Waals surface area contributed by atoms with Gasteiger partial charge < -0.3 is 9.84 Å². The van der Waals surface area contributed by atoms with Gasteiger partial charge in [0.05, 0.1) is 12.2 Å². The summed E-state index contributed by atoms with van der Waals surface area (Å²) < 4.78 is 59.1. The Morgan fingerprint density at radius 1 is 1.02 bits per heavy atom. The van der Waals surface area contributed by atoms with Gasteiger partial charge in [0.2, 0.25) is 0 Å². The summed E-state index contributed by atoms with van der Waals surface area (Å²) in [6, 6.07) is 10.1. The Morgan fingerprint density at radius 2 is 1.76 bits per heavy atom. The molecule has 1 aromatic rings. The van der Waals surface area contributed by atoms with Gasteiger partial charge in [-0.3, -0.25) is 0 Å². The molecule has 0 saturated carbocycles. The zero-order chi connectivity index (χ0) is 37.0. The van der Waals surface area contributed by atoms with E-state index in [1.165, 1.54) is 6.69 Å². The van der Waals surface area contributed by atoms with E-state index < -0.39 is 50.0 Å². The summed E-state index contributed by atoms with van der Waals surface area (Å²) in [6.45, 7) is 23.3. The maximum atomic E-state index is 13.8. The Morgan fingerprint density at radius 3 is 2.45 bits per heavy atom. The quantitative estimate of drug-likeness (QED) is 0.173. The molecule has 0 bridgehead atoms. The van der Waals surface area contributed by atoms with Crippen LogP contribution in [0, 0.1) is 11.8 Å². The van der Waals surface area contributed by atoms with Crippen molar-refractivity contribution < 1.29 is 41.8 Å². The number of sulfone groups is 1. The molecule has 51 heavy (non-hydrogen) atoms. The molecule has 0 amide bonds. The fraction of sp³-hybridized carbons (Fsp3) is 0.697. The zero-order valence-electron chi connectivity index (χ0n) is 30.0. The molecular formula is C33H49B7O9S2. The van der Waals surface area contributed by atoms with Crippen LogP contribution in [0.25, 0.3) is 0 Å². The van der Waals surface area contributed by atoms with E-state index in [-0.39, 0.29) is 60.6 Å². The van der Waals surface area contributed by atoms with Crippen molar-refractivity contribution in [1.82, 2.24) is 0 Å². The molecule has 3 heterocycles. The predicted molar refractivity (Wildman–Crippen MR) is 210 cm³/mol. The van der Waals surface area contributed by atoms with Gasteiger partial charge in [-0.05, 0) is 31.3 Å². The first-order valence-electron chi connectivity index (χ1n) is 17.9. The van der Waals surface area contributed by atoms with Crippen LogP contribution in [0.15, 0.2) is 59.5 Å². The van der Waals surface area contributed by atoms with Crippen LogP contribution in [-0.2, 0) is 33.0 Å². The van der Waals surface area contributed by atoms with Gasteiger partial charge in [-0.15, -0.1) is 0 Å². The number of hydrogen-bond acceptors (Lipinski definition) is 9. The molecule has 9 nitrogen and oxygen atoms in total. The van der Waals surface area contributed by atoms with Crippen LogP contribution in [-0.4, -0.2) is 141 Å². The molecule has 2 radical (unpaired) electrons. The van der Waals surface area contributed by atoms with Crippen molar-refractivity contribution in [3.63, 3.8) is 0 Å². The van der Waals surface area contributed by atoms with Gasteiger partial charge in [0.1, 0.15) is 0 Å². The fourth-order valence-electron chi connectivity index (χ4n) is 7.40. The average molecular weight is 730 g/mol. The molecule has 0 aliphatic carbocycles. The molecule has 3 aliphatic heterocycles.